The molecule has 4 rings (SSSR count). The lowest BCUT2D eigenvalue weighted by molar-refractivity contribution is -0.139. The van der Waals surface area contributed by atoms with E-state index in [1.165, 1.54) is 37.2 Å². The number of rotatable bonds is 9. The van der Waals surface area contributed by atoms with Gasteiger partial charge in [0.25, 0.3) is 5.56 Å². The summed E-state index contributed by atoms with van der Waals surface area (Å²) in [5, 5.41) is 10.3. The number of carbonyl (C=O) groups is 1. The summed E-state index contributed by atoms with van der Waals surface area (Å²) in [4.78, 5) is 32.1. The number of aromatic hydroxyl groups is 1. The van der Waals surface area contributed by atoms with Gasteiger partial charge in [-0.1, -0.05) is 17.4 Å². The van der Waals surface area contributed by atoms with Crippen molar-refractivity contribution in [1.82, 2.24) is 4.57 Å². The van der Waals surface area contributed by atoms with E-state index in [4.69, 9.17) is 23.7 Å². The second-order valence-corrected chi connectivity index (χ2v) is 10.2. The number of phenolic OH excluding ortho intramolecular Hbond substituents is 1. The number of hydrogen-bond acceptors (Lipinski definition) is 10. The van der Waals surface area contributed by atoms with Crippen molar-refractivity contribution >= 4 is 23.4 Å². The Bertz CT molecular complexity index is 1630. The normalized spacial score (nSPS) is 15.0. The van der Waals surface area contributed by atoms with Crippen LogP contribution in [0, 0.1) is 0 Å². The van der Waals surface area contributed by atoms with E-state index in [1.54, 1.807) is 50.3 Å². The average molecular weight is 569 g/mol. The summed E-state index contributed by atoms with van der Waals surface area (Å²) in [6.07, 6.45) is 1.58. The number of methoxy groups -OCH3 is 3. The van der Waals surface area contributed by atoms with Crippen molar-refractivity contribution in [2.24, 2.45) is 4.99 Å². The summed E-state index contributed by atoms with van der Waals surface area (Å²) < 4.78 is 29.2. The molecule has 2 heterocycles. The van der Waals surface area contributed by atoms with Crippen molar-refractivity contribution in [2.75, 3.05) is 27.9 Å². The number of esters is 1. The van der Waals surface area contributed by atoms with E-state index in [-0.39, 0.29) is 41.1 Å². The van der Waals surface area contributed by atoms with Crippen LogP contribution in [0.1, 0.15) is 44.9 Å². The molecular formula is C29H32N2O8S. The Balaban J connectivity index is 1.95. The minimum absolute atomic E-state index is 0.0770. The van der Waals surface area contributed by atoms with Gasteiger partial charge in [-0.2, -0.15) is 0 Å². The van der Waals surface area contributed by atoms with Crippen LogP contribution in [0.2, 0.25) is 0 Å². The zero-order valence-corrected chi connectivity index (χ0v) is 24.3. The van der Waals surface area contributed by atoms with Gasteiger partial charge in [0.1, 0.15) is 0 Å². The smallest absolute Gasteiger partial charge is 0.338 e. The minimum Gasteiger partial charge on any atom is -0.502 e. The Morgan fingerprint density at radius 3 is 2.30 bits per heavy atom. The van der Waals surface area contributed by atoms with Crippen LogP contribution in [-0.2, 0) is 9.53 Å². The third-order valence-electron chi connectivity index (χ3n) is 6.18. The van der Waals surface area contributed by atoms with Gasteiger partial charge < -0.3 is 28.8 Å². The highest BCUT2D eigenvalue weighted by Gasteiger charge is 2.34. The Labute approximate surface area is 235 Å². The van der Waals surface area contributed by atoms with E-state index >= 15 is 0 Å². The lowest BCUT2D eigenvalue weighted by Crippen LogP contribution is -2.40. The first-order chi connectivity index (χ1) is 19.1. The number of thiazole rings is 1. The van der Waals surface area contributed by atoms with E-state index in [2.05, 4.69) is 4.99 Å². The molecule has 1 aromatic heterocycles. The van der Waals surface area contributed by atoms with Crippen LogP contribution in [0.3, 0.4) is 0 Å². The summed E-state index contributed by atoms with van der Waals surface area (Å²) in [6, 6.07) is 7.70. The number of carbonyl (C=O) groups excluding carboxylic acids is 1. The van der Waals surface area contributed by atoms with Gasteiger partial charge in [0.2, 0.25) is 5.75 Å². The highest BCUT2D eigenvalue weighted by Crippen LogP contribution is 2.38. The van der Waals surface area contributed by atoms with Crippen molar-refractivity contribution in [3.63, 3.8) is 0 Å². The van der Waals surface area contributed by atoms with Crippen molar-refractivity contribution < 1.29 is 33.6 Å². The fourth-order valence-corrected chi connectivity index (χ4v) is 5.51. The van der Waals surface area contributed by atoms with Crippen LogP contribution in [0.5, 0.6) is 28.7 Å². The third-order valence-corrected chi connectivity index (χ3v) is 7.17. The quantitative estimate of drug-likeness (QED) is 0.391. The Hall–Kier alpha value is -4.25. The van der Waals surface area contributed by atoms with Crippen molar-refractivity contribution in [3.05, 3.63) is 72.4 Å². The number of benzene rings is 2. The number of nitrogens with zero attached hydrogens (tertiary/aromatic N) is 2. The highest BCUT2D eigenvalue weighted by molar-refractivity contribution is 7.07. The fraction of sp³-hybridized carbons (Fsp3) is 0.345. The molecule has 11 heteroatoms. The molecule has 40 heavy (non-hydrogen) atoms. The molecule has 0 unspecified atom stereocenters. The van der Waals surface area contributed by atoms with Crippen LogP contribution < -0.4 is 33.8 Å². The monoisotopic (exact) mass is 568 g/mol. The molecule has 1 N–H and O–H groups in total. The number of ether oxygens (including phenoxy) is 5. The summed E-state index contributed by atoms with van der Waals surface area (Å²) in [6.45, 7) is 7.44. The van der Waals surface area contributed by atoms with Gasteiger partial charge in [0.05, 0.1) is 55.9 Å². The van der Waals surface area contributed by atoms with Gasteiger partial charge >= 0.3 is 5.97 Å². The molecule has 0 radical (unpaired) electrons. The van der Waals surface area contributed by atoms with Crippen LogP contribution in [-0.4, -0.2) is 49.7 Å². The molecule has 10 nitrogen and oxygen atoms in total. The molecule has 0 bridgehead atoms. The second-order valence-electron chi connectivity index (χ2n) is 9.15. The predicted molar refractivity (Wildman–Crippen MR) is 150 cm³/mol. The van der Waals surface area contributed by atoms with E-state index in [9.17, 15) is 14.7 Å². The van der Waals surface area contributed by atoms with Gasteiger partial charge in [0, 0.05) is 0 Å². The topological polar surface area (TPSA) is 118 Å². The molecule has 1 atom stereocenters. The maximum atomic E-state index is 13.9. The first kappa shape index (κ1) is 28.8. The molecule has 1 aliphatic heterocycles. The summed E-state index contributed by atoms with van der Waals surface area (Å²) in [5.41, 5.74) is 1.56. The second kappa shape index (κ2) is 11.9. The van der Waals surface area contributed by atoms with Gasteiger partial charge in [-0.25, -0.2) is 9.79 Å². The average Bonchev–Trinajstić information content (AvgIpc) is 3.22. The molecule has 0 saturated heterocycles. The van der Waals surface area contributed by atoms with Gasteiger partial charge in [0.15, 0.2) is 27.8 Å². The Kier molecular flexibility index (Phi) is 8.53. The Morgan fingerprint density at radius 2 is 1.73 bits per heavy atom. The van der Waals surface area contributed by atoms with E-state index in [0.717, 1.165) is 0 Å². The van der Waals surface area contributed by atoms with Crippen LogP contribution >= 0.6 is 11.3 Å². The van der Waals surface area contributed by atoms with Gasteiger partial charge in [-0.05, 0) is 69.2 Å². The molecule has 0 aliphatic carbocycles. The molecule has 0 saturated carbocycles. The molecule has 3 aromatic rings. The number of phenols is 1. The summed E-state index contributed by atoms with van der Waals surface area (Å²) in [7, 11) is 4.39. The molecule has 1 aliphatic rings. The lowest BCUT2D eigenvalue weighted by Gasteiger charge is -2.25. The molecule has 0 spiro atoms. The summed E-state index contributed by atoms with van der Waals surface area (Å²) >= 11 is 1.18. The van der Waals surface area contributed by atoms with Gasteiger partial charge in [-0.3, -0.25) is 9.36 Å². The SMILES string of the molecule is CCOC(=O)C1=C(C)N=c2s/c(=C\c3cc(OC)c(O)c(OC)c3)c(=O)n2[C@@H]1c1ccc(OC(C)C)c(OC)c1. The number of fused-ring (bicyclic) bond motifs is 1. The third kappa shape index (κ3) is 5.42. The van der Waals surface area contributed by atoms with Crippen molar-refractivity contribution in [1.29, 1.82) is 0 Å². The van der Waals surface area contributed by atoms with Crippen molar-refractivity contribution in [3.8, 4) is 28.7 Å². The number of allylic oxidation sites excluding steroid dienone is 1. The minimum atomic E-state index is -0.816. The van der Waals surface area contributed by atoms with Crippen LogP contribution in [0.4, 0.5) is 0 Å². The zero-order chi connectivity index (χ0) is 29.1. The predicted octanol–water partition coefficient (Wildman–Crippen LogP) is 3.32. The van der Waals surface area contributed by atoms with Crippen molar-refractivity contribution in [2.45, 2.75) is 39.8 Å². The maximum absolute atomic E-state index is 13.9. The fourth-order valence-electron chi connectivity index (χ4n) is 4.46. The maximum Gasteiger partial charge on any atom is 0.338 e. The standard InChI is InChI=1S/C29H32N2O8S/c1-8-38-28(34)24-16(4)30-29-31(25(24)18-9-10-19(39-15(2)3)20(14-18)35-5)27(33)23(40-29)13-17-11-21(36-6)26(32)22(12-17)37-7/h9-15,25,32H,8H2,1-7H3/b23-13-/t25-/m1/s1. The highest BCUT2D eigenvalue weighted by atomic mass is 32.1. The van der Waals surface area contributed by atoms with E-state index in [1.807, 2.05) is 13.8 Å². The number of hydrogen-bond donors (Lipinski definition) is 1. The number of aromatic nitrogens is 1. The zero-order valence-electron chi connectivity index (χ0n) is 23.4. The summed E-state index contributed by atoms with van der Waals surface area (Å²) in [5.74, 6) is 0.714. The van der Waals surface area contributed by atoms with Crippen LogP contribution in [0.15, 0.2) is 51.4 Å². The first-order valence-corrected chi connectivity index (χ1v) is 13.4. The molecule has 212 valence electrons. The molecular weight excluding hydrogens is 536 g/mol. The molecule has 0 fully saturated rings. The molecule has 2 aromatic carbocycles. The lowest BCUT2D eigenvalue weighted by atomic mass is 9.95. The largest absolute Gasteiger partial charge is 0.502 e. The first-order valence-electron chi connectivity index (χ1n) is 12.6. The van der Waals surface area contributed by atoms with E-state index < -0.39 is 12.0 Å². The Morgan fingerprint density at radius 1 is 1.07 bits per heavy atom. The van der Waals surface area contributed by atoms with Crippen LogP contribution in [0.25, 0.3) is 6.08 Å². The van der Waals surface area contributed by atoms with Gasteiger partial charge in [-0.15, -0.1) is 0 Å². The van der Waals surface area contributed by atoms with E-state index in [0.29, 0.717) is 37.7 Å². The molecule has 0 amide bonds.